The van der Waals surface area contributed by atoms with Crippen molar-refractivity contribution in [1.29, 1.82) is 0 Å². The van der Waals surface area contributed by atoms with Gasteiger partial charge in [0, 0.05) is 59.7 Å². The maximum atomic E-state index is 6.03. The van der Waals surface area contributed by atoms with Crippen molar-refractivity contribution in [3.63, 3.8) is 0 Å². The van der Waals surface area contributed by atoms with Crippen LogP contribution in [0.25, 0.3) is 0 Å². The lowest BCUT2D eigenvalue weighted by Crippen LogP contribution is -2.56. The van der Waals surface area contributed by atoms with Crippen LogP contribution in [0.4, 0.5) is 0 Å². The SMILES string of the molecule is CCO[Si](OCC)(OCC)c1ccc(C#Cc2ccc(C#Cc3cc(COCc4ccccn4)nc(COCc4ccccn4)c3)cc2)cc1. The first-order chi connectivity index (χ1) is 24.6. The molecule has 0 atom stereocenters. The average molecular weight is 684 g/mol. The predicted octanol–water partition coefficient (Wildman–Crippen LogP) is 6.36. The van der Waals surface area contributed by atoms with Gasteiger partial charge in [-0.3, -0.25) is 15.0 Å². The molecule has 0 aliphatic carbocycles. The summed E-state index contributed by atoms with van der Waals surface area (Å²) in [4.78, 5) is 13.4. The molecule has 0 bridgehead atoms. The average Bonchev–Trinajstić information content (AvgIpc) is 3.15. The largest absolute Gasteiger partial charge is 0.537 e. The van der Waals surface area contributed by atoms with Gasteiger partial charge in [-0.2, -0.15) is 0 Å². The third kappa shape index (κ3) is 11.0. The molecule has 0 amide bonds. The third-order valence-electron chi connectivity index (χ3n) is 7.21. The van der Waals surface area contributed by atoms with Crippen LogP contribution >= 0.6 is 0 Å². The number of aromatic nitrogens is 3. The normalized spacial score (nSPS) is 10.9. The van der Waals surface area contributed by atoms with E-state index < -0.39 is 8.80 Å². The van der Waals surface area contributed by atoms with E-state index >= 15 is 0 Å². The number of hydrogen-bond acceptors (Lipinski definition) is 8. The van der Waals surface area contributed by atoms with Crippen LogP contribution in [0.2, 0.25) is 0 Å². The summed E-state index contributed by atoms with van der Waals surface area (Å²) in [6, 6.07) is 31.2. The molecule has 0 spiro atoms. The van der Waals surface area contributed by atoms with Gasteiger partial charge in [0.1, 0.15) is 0 Å². The summed E-state index contributed by atoms with van der Waals surface area (Å²) in [6.07, 6.45) is 3.51. The summed E-state index contributed by atoms with van der Waals surface area (Å²) in [5, 5.41) is 0.930. The predicted molar refractivity (Wildman–Crippen MR) is 195 cm³/mol. The fourth-order valence-corrected chi connectivity index (χ4v) is 7.45. The van der Waals surface area contributed by atoms with Crippen LogP contribution in [0.15, 0.2) is 109 Å². The van der Waals surface area contributed by atoms with Gasteiger partial charge in [0.25, 0.3) is 0 Å². The van der Waals surface area contributed by atoms with E-state index in [2.05, 4.69) is 33.6 Å². The fourth-order valence-electron chi connectivity index (χ4n) is 4.99. The molecule has 5 rings (SSSR count). The van der Waals surface area contributed by atoms with Crippen LogP contribution in [0.5, 0.6) is 0 Å². The first kappa shape index (κ1) is 36.3. The Kier molecular flexibility index (Phi) is 14.0. The minimum absolute atomic E-state index is 0.323. The zero-order valence-corrected chi connectivity index (χ0v) is 29.7. The summed E-state index contributed by atoms with van der Waals surface area (Å²) in [5.74, 6) is 13.1. The molecule has 5 aromatic rings. The quantitative estimate of drug-likeness (QED) is 0.0932. The Bertz CT molecular complexity index is 1820. The van der Waals surface area contributed by atoms with Crippen molar-refractivity contribution < 1.29 is 22.8 Å². The molecular weight excluding hydrogens is 643 g/mol. The van der Waals surface area contributed by atoms with Crippen molar-refractivity contribution in [2.75, 3.05) is 19.8 Å². The van der Waals surface area contributed by atoms with Crippen LogP contribution in [-0.2, 0) is 49.2 Å². The van der Waals surface area contributed by atoms with E-state index in [9.17, 15) is 0 Å². The molecule has 0 fully saturated rings. The molecule has 0 aliphatic heterocycles. The lowest BCUT2D eigenvalue weighted by atomic mass is 10.1. The summed E-state index contributed by atoms with van der Waals surface area (Å²) in [6.45, 7) is 8.83. The number of hydrogen-bond donors (Lipinski definition) is 0. The van der Waals surface area contributed by atoms with E-state index in [4.69, 9.17) is 27.7 Å². The van der Waals surface area contributed by atoms with E-state index in [0.717, 1.165) is 50.2 Å². The van der Waals surface area contributed by atoms with Crippen LogP contribution in [0, 0.1) is 23.7 Å². The first-order valence-corrected chi connectivity index (χ1v) is 18.4. The number of ether oxygens (including phenoxy) is 2. The number of nitrogens with zero attached hydrogens (tertiary/aromatic N) is 3. The highest BCUT2D eigenvalue weighted by Crippen LogP contribution is 2.13. The highest BCUT2D eigenvalue weighted by Gasteiger charge is 2.43. The Labute approximate surface area is 296 Å². The Morgan fingerprint density at radius 2 is 0.880 bits per heavy atom. The van der Waals surface area contributed by atoms with Gasteiger partial charge < -0.3 is 22.8 Å². The molecule has 9 heteroatoms. The fraction of sp³-hybridized carbons (Fsp3) is 0.244. The second kappa shape index (κ2) is 19.3. The molecule has 0 saturated heterocycles. The third-order valence-corrected chi connectivity index (χ3v) is 10.3. The van der Waals surface area contributed by atoms with Gasteiger partial charge in [0.2, 0.25) is 0 Å². The molecule has 0 saturated carbocycles. The van der Waals surface area contributed by atoms with E-state index in [1.165, 1.54) is 0 Å². The minimum atomic E-state index is -2.95. The Hall–Kier alpha value is -4.97. The summed E-state index contributed by atoms with van der Waals surface area (Å²) < 4.78 is 29.9. The Morgan fingerprint density at radius 1 is 0.480 bits per heavy atom. The van der Waals surface area contributed by atoms with Crippen molar-refractivity contribution in [3.05, 3.63) is 154 Å². The lowest BCUT2D eigenvalue weighted by Gasteiger charge is -2.28. The highest BCUT2D eigenvalue weighted by atomic mass is 28.4. The van der Waals surface area contributed by atoms with Gasteiger partial charge in [-0.05, 0) is 93.6 Å². The molecular formula is C41H41N3O5Si. The van der Waals surface area contributed by atoms with Gasteiger partial charge in [-0.15, -0.1) is 0 Å². The lowest BCUT2D eigenvalue weighted by molar-refractivity contribution is 0.0859. The second-order valence-corrected chi connectivity index (χ2v) is 13.5. The van der Waals surface area contributed by atoms with Crippen molar-refractivity contribution in [2.45, 2.75) is 47.2 Å². The molecule has 0 radical (unpaired) electrons. The molecule has 0 unspecified atom stereocenters. The van der Waals surface area contributed by atoms with Crippen LogP contribution in [-0.4, -0.2) is 43.6 Å². The summed E-state index contributed by atoms with van der Waals surface area (Å²) >= 11 is 0. The zero-order valence-electron chi connectivity index (χ0n) is 28.7. The van der Waals surface area contributed by atoms with E-state index in [0.29, 0.717) is 46.2 Å². The molecule has 8 nitrogen and oxygen atoms in total. The second-order valence-electron chi connectivity index (χ2n) is 11.0. The van der Waals surface area contributed by atoms with Crippen molar-refractivity contribution >= 4 is 14.0 Å². The highest BCUT2D eigenvalue weighted by molar-refractivity contribution is 6.75. The molecule has 254 valence electrons. The molecule has 2 aromatic carbocycles. The monoisotopic (exact) mass is 683 g/mol. The number of pyridine rings is 3. The summed E-state index contributed by atoms with van der Waals surface area (Å²) in [7, 11) is -2.95. The molecule has 50 heavy (non-hydrogen) atoms. The Balaban J connectivity index is 1.26. The maximum Gasteiger partial charge on any atom is 0.537 e. The molecule has 3 heterocycles. The van der Waals surface area contributed by atoms with Crippen molar-refractivity contribution in [1.82, 2.24) is 15.0 Å². The first-order valence-electron chi connectivity index (χ1n) is 16.7. The Morgan fingerprint density at radius 3 is 1.28 bits per heavy atom. The molecule has 0 aliphatic rings. The van der Waals surface area contributed by atoms with Gasteiger partial charge >= 0.3 is 8.80 Å². The van der Waals surface area contributed by atoms with Crippen LogP contribution in [0.1, 0.15) is 65.8 Å². The van der Waals surface area contributed by atoms with Gasteiger partial charge in [0.15, 0.2) is 0 Å². The number of rotatable bonds is 15. The van der Waals surface area contributed by atoms with Crippen LogP contribution < -0.4 is 5.19 Å². The van der Waals surface area contributed by atoms with E-state index in [1.807, 2.05) is 118 Å². The van der Waals surface area contributed by atoms with Gasteiger partial charge in [-0.1, -0.05) is 47.9 Å². The zero-order chi connectivity index (χ0) is 34.9. The number of benzene rings is 2. The van der Waals surface area contributed by atoms with Crippen LogP contribution in [0.3, 0.4) is 0 Å². The summed E-state index contributed by atoms with van der Waals surface area (Å²) in [5.41, 5.74) is 6.74. The molecule has 3 aromatic heterocycles. The van der Waals surface area contributed by atoms with E-state index in [-0.39, 0.29) is 0 Å². The van der Waals surface area contributed by atoms with Crippen molar-refractivity contribution in [2.24, 2.45) is 0 Å². The van der Waals surface area contributed by atoms with E-state index in [1.54, 1.807) is 12.4 Å². The topological polar surface area (TPSA) is 84.8 Å². The standard InChI is InChI=1S/C41H41N3O5Si/c1-4-47-50(48-5-2,49-6-3)41-23-21-35(22-24-41)18-17-33-13-15-34(16-14-33)19-20-36-27-39(31-45-29-37-11-7-9-25-42-37)44-40(28-36)32-46-30-38-12-8-10-26-43-38/h7-16,21-28H,4-6,29-32H2,1-3H3. The minimum Gasteiger partial charge on any atom is -0.370 e. The van der Waals surface area contributed by atoms with Gasteiger partial charge in [-0.25, -0.2) is 0 Å². The molecule has 0 N–H and O–H groups in total. The maximum absolute atomic E-state index is 6.03. The van der Waals surface area contributed by atoms with Gasteiger partial charge in [0.05, 0.1) is 49.2 Å². The smallest absolute Gasteiger partial charge is 0.370 e. The van der Waals surface area contributed by atoms with Crippen molar-refractivity contribution in [3.8, 4) is 23.7 Å².